The molecular formula is C18H28ClIN4O4S. The van der Waals surface area contributed by atoms with Gasteiger partial charge < -0.3 is 15.0 Å². The molecule has 0 aromatic heterocycles. The number of halogens is 2. The minimum Gasteiger partial charge on any atom is -0.466 e. The van der Waals surface area contributed by atoms with Gasteiger partial charge in [0, 0.05) is 38.2 Å². The van der Waals surface area contributed by atoms with Crippen LogP contribution in [0, 0.1) is 5.92 Å². The second kappa shape index (κ2) is 12.6. The van der Waals surface area contributed by atoms with Crippen LogP contribution >= 0.6 is 35.6 Å². The zero-order valence-electron chi connectivity index (χ0n) is 16.6. The van der Waals surface area contributed by atoms with Gasteiger partial charge in [0.25, 0.3) is 0 Å². The number of carbonyl (C=O) groups is 1. The van der Waals surface area contributed by atoms with Crippen LogP contribution in [0.5, 0.6) is 0 Å². The van der Waals surface area contributed by atoms with Crippen molar-refractivity contribution >= 4 is 57.5 Å². The number of hydrogen-bond acceptors (Lipinski definition) is 5. The fourth-order valence-electron chi connectivity index (χ4n) is 3.03. The van der Waals surface area contributed by atoms with Gasteiger partial charge in [0.2, 0.25) is 10.0 Å². The van der Waals surface area contributed by atoms with Crippen molar-refractivity contribution in [3.8, 4) is 0 Å². The molecule has 29 heavy (non-hydrogen) atoms. The molecule has 1 aromatic rings. The van der Waals surface area contributed by atoms with Crippen molar-refractivity contribution in [2.75, 3.05) is 39.8 Å². The van der Waals surface area contributed by atoms with Crippen LogP contribution in [0.3, 0.4) is 0 Å². The van der Waals surface area contributed by atoms with Crippen molar-refractivity contribution in [2.45, 2.75) is 24.7 Å². The summed E-state index contributed by atoms with van der Waals surface area (Å²) in [4.78, 5) is 18.3. The summed E-state index contributed by atoms with van der Waals surface area (Å²) in [5, 5.41) is 3.50. The summed E-state index contributed by atoms with van der Waals surface area (Å²) in [5.74, 6) is 0.279. The quantitative estimate of drug-likeness (QED) is 0.175. The summed E-state index contributed by atoms with van der Waals surface area (Å²) in [6.45, 7) is 4.02. The molecule has 1 heterocycles. The molecule has 0 spiro atoms. The number of ether oxygens (including phenoxy) is 1. The molecule has 8 nitrogen and oxygen atoms in total. The highest BCUT2D eigenvalue weighted by Gasteiger charge is 2.28. The van der Waals surface area contributed by atoms with Gasteiger partial charge in [-0.15, -0.1) is 24.0 Å². The highest BCUT2D eigenvalue weighted by molar-refractivity contribution is 14.0. The minimum atomic E-state index is -3.63. The average molecular weight is 559 g/mol. The zero-order chi connectivity index (χ0) is 20.6. The third-order valence-corrected chi connectivity index (χ3v) is 6.05. The van der Waals surface area contributed by atoms with Crippen molar-refractivity contribution in [1.29, 1.82) is 0 Å². The average Bonchev–Trinajstić information content (AvgIpc) is 2.68. The van der Waals surface area contributed by atoms with Crippen LogP contribution in [-0.4, -0.2) is 65.1 Å². The Morgan fingerprint density at radius 1 is 1.38 bits per heavy atom. The number of likely N-dealkylation sites (tertiary alicyclic amines) is 1. The molecule has 0 bridgehead atoms. The van der Waals surface area contributed by atoms with Crippen LogP contribution in [0.2, 0.25) is 5.02 Å². The number of piperidine rings is 1. The summed E-state index contributed by atoms with van der Waals surface area (Å²) in [5.41, 5.74) is 0. The van der Waals surface area contributed by atoms with E-state index in [1.54, 1.807) is 26.1 Å². The van der Waals surface area contributed by atoms with E-state index < -0.39 is 10.0 Å². The Labute approximate surface area is 194 Å². The number of nitrogens with zero attached hydrogens (tertiary/aromatic N) is 2. The smallest absolute Gasteiger partial charge is 0.310 e. The Hall–Kier alpha value is -1.11. The molecule has 0 radical (unpaired) electrons. The van der Waals surface area contributed by atoms with E-state index in [0.29, 0.717) is 30.7 Å². The first-order chi connectivity index (χ1) is 13.4. The number of nitrogens with one attached hydrogen (secondary N) is 2. The number of esters is 1. The first-order valence-corrected chi connectivity index (χ1v) is 11.1. The third kappa shape index (κ3) is 7.91. The van der Waals surface area contributed by atoms with Crippen molar-refractivity contribution < 1.29 is 17.9 Å². The van der Waals surface area contributed by atoms with Gasteiger partial charge in [-0.3, -0.25) is 9.79 Å². The van der Waals surface area contributed by atoms with E-state index in [0.717, 1.165) is 19.4 Å². The molecule has 1 unspecified atom stereocenters. The maximum Gasteiger partial charge on any atom is 0.310 e. The lowest BCUT2D eigenvalue weighted by molar-refractivity contribution is -0.149. The molecule has 0 amide bonds. The van der Waals surface area contributed by atoms with Crippen LogP contribution < -0.4 is 10.0 Å². The van der Waals surface area contributed by atoms with Crippen LogP contribution in [-0.2, 0) is 19.6 Å². The minimum absolute atomic E-state index is 0. The van der Waals surface area contributed by atoms with Crippen molar-refractivity contribution in [1.82, 2.24) is 14.9 Å². The highest BCUT2D eigenvalue weighted by atomic mass is 127. The number of benzene rings is 1. The molecule has 0 saturated carbocycles. The van der Waals surface area contributed by atoms with Gasteiger partial charge in [-0.1, -0.05) is 17.7 Å². The van der Waals surface area contributed by atoms with Crippen LogP contribution in [0.4, 0.5) is 0 Å². The fourth-order valence-corrected chi connectivity index (χ4v) is 4.36. The Morgan fingerprint density at radius 2 is 2.14 bits per heavy atom. The van der Waals surface area contributed by atoms with Crippen LogP contribution in [0.25, 0.3) is 0 Å². The molecule has 1 fully saturated rings. The third-order valence-electron chi connectivity index (χ3n) is 4.36. The molecule has 1 aliphatic rings. The Balaban J connectivity index is 0.00000420. The van der Waals surface area contributed by atoms with E-state index in [-0.39, 0.29) is 47.3 Å². The van der Waals surface area contributed by atoms with E-state index in [2.05, 4.69) is 15.0 Å². The van der Waals surface area contributed by atoms with Gasteiger partial charge in [0.05, 0.1) is 17.4 Å². The summed E-state index contributed by atoms with van der Waals surface area (Å²) < 4.78 is 32.2. The number of carbonyl (C=O) groups excluding carboxylic acids is 1. The molecule has 0 aliphatic carbocycles. The summed E-state index contributed by atoms with van der Waals surface area (Å²) in [6.07, 6.45) is 1.66. The van der Waals surface area contributed by atoms with Gasteiger partial charge in [0.15, 0.2) is 5.96 Å². The monoisotopic (exact) mass is 558 g/mol. The number of aliphatic imine (C=N–C) groups is 1. The summed E-state index contributed by atoms with van der Waals surface area (Å²) in [7, 11) is -1.97. The molecule has 2 rings (SSSR count). The summed E-state index contributed by atoms with van der Waals surface area (Å²) >= 11 is 5.85. The lowest BCUT2D eigenvalue weighted by Gasteiger charge is -2.33. The Kier molecular flexibility index (Phi) is 11.2. The van der Waals surface area contributed by atoms with E-state index in [4.69, 9.17) is 16.3 Å². The number of guanidine groups is 1. The van der Waals surface area contributed by atoms with Crippen LogP contribution in [0.1, 0.15) is 19.8 Å². The highest BCUT2D eigenvalue weighted by Crippen LogP contribution is 2.18. The maximum absolute atomic E-state index is 12.3. The van der Waals surface area contributed by atoms with Gasteiger partial charge in [0.1, 0.15) is 0 Å². The SMILES string of the molecule is CCOC(=O)C1CCCN(C(=NC)NCCNS(=O)(=O)c2cccc(Cl)c2)C1.I. The van der Waals surface area contributed by atoms with E-state index in [1.807, 2.05) is 4.90 Å². The zero-order valence-corrected chi connectivity index (χ0v) is 20.5. The molecule has 1 saturated heterocycles. The van der Waals surface area contributed by atoms with Gasteiger partial charge in [-0.05, 0) is 38.0 Å². The molecule has 11 heteroatoms. The summed E-state index contributed by atoms with van der Waals surface area (Å²) in [6, 6.07) is 6.10. The normalized spacial score (nSPS) is 17.4. The number of rotatable bonds is 7. The first-order valence-electron chi connectivity index (χ1n) is 9.25. The molecule has 164 valence electrons. The largest absolute Gasteiger partial charge is 0.466 e. The molecule has 1 atom stereocenters. The second-order valence-corrected chi connectivity index (χ2v) is 8.57. The molecule has 1 aromatic carbocycles. The van der Waals surface area contributed by atoms with E-state index in [9.17, 15) is 13.2 Å². The van der Waals surface area contributed by atoms with Crippen molar-refractivity contribution in [3.05, 3.63) is 29.3 Å². The molecule has 1 aliphatic heterocycles. The molecular weight excluding hydrogens is 531 g/mol. The lowest BCUT2D eigenvalue weighted by Crippen LogP contribution is -2.49. The van der Waals surface area contributed by atoms with Gasteiger partial charge in [-0.2, -0.15) is 0 Å². The molecule has 2 N–H and O–H groups in total. The Bertz CT molecular complexity index is 807. The van der Waals surface area contributed by atoms with Crippen molar-refractivity contribution in [3.63, 3.8) is 0 Å². The topological polar surface area (TPSA) is 100 Å². The predicted octanol–water partition coefficient (Wildman–Crippen LogP) is 2.09. The van der Waals surface area contributed by atoms with E-state index in [1.165, 1.54) is 12.1 Å². The second-order valence-electron chi connectivity index (χ2n) is 6.37. The number of hydrogen-bond donors (Lipinski definition) is 2. The van der Waals surface area contributed by atoms with Gasteiger partial charge >= 0.3 is 5.97 Å². The van der Waals surface area contributed by atoms with Crippen molar-refractivity contribution in [2.24, 2.45) is 10.9 Å². The lowest BCUT2D eigenvalue weighted by atomic mass is 9.98. The Morgan fingerprint density at radius 3 is 2.79 bits per heavy atom. The fraction of sp³-hybridized carbons (Fsp3) is 0.556. The maximum atomic E-state index is 12.3. The van der Waals surface area contributed by atoms with Gasteiger partial charge in [-0.25, -0.2) is 13.1 Å². The van der Waals surface area contributed by atoms with E-state index >= 15 is 0 Å². The standard InChI is InChI=1S/C18H27ClN4O4S.HI/c1-3-27-17(24)14-6-5-11-23(13-14)18(20-2)21-9-10-22-28(25,26)16-8-4-7-15(19)12-16;/h4,7-8,12,14,22H,3,5-6,9-11,13H2,1-2H3,(H,20,21);1H. The predicted molar refractivity (Wildman–Crippen MR) is 124 cm³/mol. The first kappa shape index (κ1) is 25.9. The number of sulfonamides is 1. The van der Waals surface area contributed by atoms with Crippen LogP contribution in [0.15, 0.2) is 34.2 Å².